The maximum absolute atomic E-state index is 6.13. The summed E-state index contributed by atoms with van der Waals surface area (Å²) in [6, 6.07) is 20.0. The zero-order chi connectivity index (χ0) is 18.0. The smallest absolute Gasteiger partial charge is 0.0602 e. The normalized spacial score (nSPS) is 21.2. The lowest BCUT2D eigenvalue weighted by molar-refractivity contribution is 0.0205. The van der Waals surface area contributed by atoms with Gasteiger partial charge in [-0.1, -0.05) is 74.8 Å². The minimum Gasteiger partial charge on any atom is -0.300 e. The van der Waals surface area contributed by atoms with Crippen LogP contribution in [-0.4, -0.2) is 42.5 Å². The molecule has 2 aromatic rings. The first-order chi connectivity index (χ1) is 11.9. The highest BCUT2D eigenvalue weighted by Crippen LogP contribution is 2.34. The van der Waals surface area contributed by atoms with Crippen LogP contribution in [0.25, 0.3) is 0 Å². The van der Waals surface area contributed by atoms with Crippen LogP contribution in [0.5, 0.6) is 0 Å². The van der Waals surface area contributed by atoms with Crippen LogP contribution in [-0.2, 0) is 0 Å². The molecule has 2 unspecified atom stereocenters. The van der Waals surface area contributed by atoms with Gasteiger partial charge in [-0.3, -0.25) is 4.90 Å². The molecule has 1 aliphatic rings. The highest BCUT2D eigenvalue weighted by atomic mass is 35.5. The molecule has 0 bridgehead atoms. The van der Waals surface area contributed by atoms with Crippen molar-refractivity contribution in [2.75, 3.05) is 26.7 Å². The molecule has 0 radical (unpaired) electrons. The molecule has 25 heavy (non-hydrogen) atoms. The summed E-state index contributed by atoms with van der Waals surface area (Å²) in [5.41, 5.74) is 2.92. The molecule has 0 aliphatic carbocycles. The number of rotatable bonds is 3. The van der Waals surface area contributed by atoms with Gasteiger partial charge in [-0.05, 0) is 35.7 Å². The van der Waals surface area contributed by atoms with Crippen molar-refractivity contribution in [3.8, 4) is 0 Å². The van der Waals surface area contributed by atoms with Gasteiger partial charge < -0.3 is 4.90 Å². The second kappa shape index (κ2) is 7.49. The predicted octanol–water partition coefficient (Wildman–Crippen LogP) is 5.09. The summed E-state index contributed by atoms with van der Waals surface area (Å²) in [6.07, 6.45) is 0. The lowest BCUT2D eigenvalue weighted by Gasteiger charge is -2.48. The van der Waals surface area contributed by atoms with E-state index in [1.165, 1.54) is 11.1 Å². The molecule has 3 heteroatoms. The van der Waals surface area contributed by atoms with Crippen LogP contribution in [0.4, 0.5) is 0 Å². The summed E-state index contributed by atoms with van der Waals surface area (Å²) >= 11 is 6.13. The highest BCUT2D eigenvalue weighted by molar-refractivity contribution is 6.30. The van der Waals surface area contributed by atoms with Crippen molar-refractivity contribution < 1.29 is 0 Å². The third-order valence-corrected chi connectivity index (χ3v) is 5.60. The van der Waals surface area contributed by atoms with E-state index in [1.54, 1.807) is 0 Å². The molecule has 1 heterocycles. The summed E-state index contributed by atoms with van der Waals surface area (Å²) < 4.78 is 0. The van der Waals surface area contributed by atoms with Crippen LogP contribution in [0.2, 0.25) is 5.02 Å². The van der Waals surface area contributed by atoms with E-state index in [0.29, 0.717) is 6.04 Å². The average Bonchev–Trinajstić information content (AvgIpc) is 2.58. The molecule has 3 rings (SSSR count). The van der Waals surface area contributed by atoms with Crippen molar-refractivity contribution in [1.29, 1.82) is 0 Å². The van der Waals surface area contributed by atoms with Gasteiger partial charge in [0.2, 0.25) is 0 Å². The van der Waals surface area contributed by atoms with Crippen LogP contribution in [0.1, 0.15) is 37.9 Å². The number of piperazine rings is 1. The maximum atomic E-state index is 6.13. The summed E-state index contributed by atoms with van der Waals surface area (Å²) in [7, 11) is 2.26. The molecule has 0 N–H and O–H groups in total. The summed E-state index contributed by atoms with van der Waals surface area (Å²) in [4.78, 5) is 5.15. The van der Waals surface area contributed by atoms with Gasteiger partial charge in [-0.15, -0.1) is 0 Å². The van der Waals surface area contributed by atoms with Crippen molar-refractivity contribution in [2.45, 2.75) is 32.9 Å². The Hall–Kier alpha value is -1.35. The van der Waals surface area contributed by atoms with Gasteiger partial charge in [0.25, 0.3) is 0 Å². The van der Waals surface area contributed by atoms with E-state index in [-0.39, 0.29) is 11.5 Å². The van der Waals surface area contributed by atoms with E-state index < -0.39 is 0 Å². The first-order valence-electron chi connectivity index (χ1n) is 9.11. The van der Waals surface area contributed by atoms with Crippen molar-refractivity contribution in [3.05, 3.63) is 70.7 Å². The molecule has 2 atom stereocenters. The number of nitrogens with zero attached hydrogens (tertiary/aromatic N) is 2. The van der Waals surface area contributed by atoms with Crippen LogP contribution in [0.15, 0.2) is 54.6 Å². The molecule has 0 amide bonds. The Morgan fingerprint density at radius 2 is 1.52 bits per heavy atom. The Bertz CT molecular complexity index is 675. The molecule has 1 aliphatic heterocycles. The second-order valence-electron chi connectivity index (χ2n) is 8.22. The SMILES string of the molecule is CN1CCN(C(c2ccccc2)c2ccc(Cl)cc2)CC1C(C)(C)C. The summed E-state index contributed by atoms with van der Waals surface area (Å²) in [5.74, 6) is 0. The number of hydrogen-bond acceptors (Lipinski definition) is 2. The Balaban J connectivity index is 1.96. The third-order valence-electron chi connectivity index (χ3n) is 5.35. The first-order valence-corrected chi connectivity index (χ1v) is 9.49. The maximum Gasteiger partial charge on any atom is 0.0602 e. The van der Waals surface area contributed by atoms with E-state index in [9.17, 15) is 0 Å². The van der Waals surface area contributed by atoms with E-state index in [0.717, 1.165) is 24.7 Å². The summed E-state index contributed by atoms with van der Waals surface area (Å²) in [5, 5.41) is 0.793. The Kier molecular flexibility index (Phi) is 5.52. The quantitative estimate of drug-likeness (QED) is 0.755. The Morgan fingerprint density at radius 3 is 2.12 bits per heavy atom. The van der Waals surface area contributed by atoms with Gasteiger partial charge in [0, 0.05) is 30.7 Å². The van der Waals surface area contributed by atoms with Crippen molar-refractivity contribution in [1.82, 2.24) is 9.80 Å². The number of benzene rings is 2. The van der Waals surface area contributed by atoms with E-state index in [2.05, 4.69) is 80.1 Å². The Morgan fingerprint density at radius 1 is 0.920 bits per heavy atom. The van der Waals surface area contributed by atoms with E-state index >= 15 is 0 Å². The average molecular weight is 357 g/mol. The number of halogens is 1. The van der Waals surface area contributed by atoms with Gasteiger partial charge in [0.15, 0.2) is 0 Å². The highest BCUT2D eigenvalue weighted by Gasteiger charge is 2.36. The molecule has 134 valence electrons. The fourth-order valence-electron chi connectivity index (χ4n) is 3.96. The molecule has 0 spiro atoms. The van der Waals surface area contributed by atoms with Gasteiger partial charge >= 0.3 is 0 Å². The molecule has 0 saturated carbocycles. The van der Waals surface area contributed by atoms with E-state index in [1.807, 2.05) is 12.1 Å². The van der Waals surface area contributed by atoms with Crippen LogP contribution >= 0.6 is 11.6 Å². The van der Waals surface area contributed by atoms with E-state index in [4.69, 9.17) is 11.6 Å². The molecular weight excluding hydrogens is 328 g/mol. The van der Waals surface area contributed by atoms with Gasteiger partial charge in [-0.25, -0.2) is 0 Å². The minimum atomic E-state index is 0.259. The monoisotopic (exact) mass is 356 g/mol. The fourth-order valence-corrected chi connectivity index (χ4v) is 4.08. The van der Waals surface area contributed by atoms with Crippen molar-refractivity contribution in [2.24, 2.45) is 5.41 Å². The van der Waals surface area contributed by atoms with Crippen LogP contribution in [0, 0.1) is 5.41 Å². The zero-order valence-electron chi connectivity index (χ0n) is 15.7. The molecule has 1 fully saturated rings. The van der Waals surface area contributed by atoms with Crippen LogP contribution < -0.4 is 0 Å². The van der Waals surface area contributed by atoms with Crippen LogP contribution in [0.3, 0.4) is 0 Å². The molecule has 0 aromatic heterocycles. The van der Waals surface area contributed by atoms with Gasteiger partial charge in [-0.2, -0.15) is 0 Å². The topological polar surface area (TPSA) is 6.48 Å². The second-order valence-corrected chi connectivity index (χ2v) is 8.66. The van der Waals surface area contributed by atoms with Gasteiger partial charge in [0.05, 0.1) is 6.04 Å². The molecular formula is C22H29ClN2. The predicted molar refractivity (Wildman–Crippen MR) is 107 cm³/mol. The third kappa shape index (κ3) is 4.25. The lowest BCUT2D eigenvalue weighted by atomic mass is 9.83. The first kappa shape index (κ1) is 18.4. The molecule has 2 aromatic carbocycles. The molecule has 1 saturated heterocycles. The molecule has 2 nitrogen and oxygen atoms in total. The van der Waals surface area contributed by atoms with Gasteiger partial charge in [0.1, 0.15) is 0 Å². The standard InChI is InChI=1S/C22H29ClN2/c1-22(2,3)20-16-25(15-14-24(20)4)21(17-8-6-5-7-9-17)18-10-12-19(23)13-11-18/h5-13,20-21H,14-16H2,1-4H3. The number of likely N-dealkylation sites (N-methyl/N-ethyl adjacent to an activating group) is 1. The lowest BCUT2D eigenvalue weighted by Crippen LogP contribution is -2.57. The Labute approximate surface area is 157 Å². The minimum absolute atomic E-state index is 0.259. The summed E-state index contributed by atoms with van der Waals surface area (Å²) in [6.45, 7) is 10.3. The zero-order valence-corrected chi connectivity index (χ0v) is 16.5. The largest absolute Gasteiger partial charge is 0.300 e. The number of hydrogen-bond donors (Lipinski definition) is 0. The fraction of sp³-hybridized carbons (Fsp3) is 0.455. The van der Waals surface area contributed by atoms with Crippen molar-refractivity contribution in [3.63, 3.8) is 0 Å². The van der Waals surface area contributed by atoms with Crippen molar-refractivity contribution >= 4 is 11.6 Å².